The van der Waals surface area contributed by atoms with E-state index in [1.807, 2.05) is 13.0 Å². The largest absolute Gasteiger partial charge is 0.359 e. The van der Waals surface area contributed by atoms with E-state index in [4.69, 9.17) is 4.52 Å². The first kappa shape index (κ1) is 15.7. The van der Waals surface area contributed by atoms with Gasteiger partial charge in [0, 0.05) is 17.1 Å². The van der Waals surface area contributed by atoms with Crippen molar-refractivity contribution in [1.82, 2.24) is 9.46 Å². The first-order valence-corrected chi connectivity index (χ1v) is 9.48. The van der Waals surface area contributed by atoms with Crippen molar-refractivity contribution in [3.63, 3.8) is 0 Å². The molecule has 22 heavy (non-hydrogen) atoms. The van der Waals surface area contributed by atoms with Crippen molar-refractivity contribution in [2.75, 3.05) is 6.54 Å². The summed E-state index contributed by atoms with van der Waals surface area (Å²) in [5, 5.41) is 3.98. The fourth-order valence-corrected chi connectivity index (χ4v) is 4.63. The summed E-state index contributed by atoms with van der Waals surface area (Å²) >= 11 is 3.32. The third kappa shape index (κ3) is 2.85. The SMILES string of the molecule is CCc1cc(C2CCCN2S(=O)(=O)c2ccc(Br)cc2)on1. The number of hydrogen-bond acceptors (Lipinski definition) is 4. The molecule has 1 fully saturated rings. The monoisotopic (exact) mass is 384 g/mol. The molecule has 118 valence electrons. The van der Waals surface area contributed by atoms with E-state index in [2.05, 4.69) is 21.1 Å². The van der Waals surface area contributed by atoms with Gasteiger partial charge in [0.15, 0.2) is 5.76 Å². The Morgan fingerprint density at radius 1 is 1.36 bits per heavy atom. The molecule has 1 aliphatic heterocycles. The van der Waals surface area contributed by atoms with E-state index < -0.39 is 10.0 Å². The predicted octanol–water partition coefficient (Wildman–Crippen LogP) is 3.53. The van der Waals surface area contributed by atoms with Gasteiger partial charge in [0.25, 0.3) is 0 Å². The van der Waals surface area contributed by atoms with Gasteiger partial charge in [0.1, 0.15) is 0 Å². The van der Waals surface area contributed by atoms with Crippen molar-refractivity contribution in [1.29, 1.82) is 0 Å². The number of sulfonamides is 1. The summed E-state index contributed by atoms with van der Waals surface area (Å²) in [7, 11) is -3.53. The number of hydrogen-bond donors (Lipinski definition) is 0. The second kappa shape index (κ2) is 6.14. The fraction of sp³-hybridized carbons (Fsp3) is 0.400. The van der Waals surface area contributed by atoms with Gasteiger partial charge >= 0.3 is 0 Å². The van der Waals surface area contributed by atoms with Gasteiger partial charge in [0.05, 0.1) is 16.6 Å². The van der Waals surface area contributed by atoms with Crippen molar-refractivity contribution in [3.8, 4) is 0 Å². The lowest BCUT2D eigenvalue weighted by Gasteiger charge is -2.22. The summed E-state index contributed by atoms with van der Waals surface area (Å²) in [4.78, 5) is 0.304. The standard InChI is InChI=1S/C15H17BrN2O3S/c1-2-12-10-15(21-17-12)14-4-3-9-18(14)22(19,20)13-7-5-11(16)6-8-13/h5-8,10,14H,2-4,9H2,1H3. The number of benzene rings is 1. The van der Waals surface area contributed by atoms with Gasteiger partial charge in [-0.25, -0.2) is 8.42 Å². The van der Waals surface area contributed by atoms with Gasteiger partial charge in [-0.05, 0) is 43.5 Å². The molecule has 0 spiro atoms. The Morgan fingerprint density at radius 3 is 2.73 bits per heavy atom. The lowest BCUT2D eigenvalue weighted by atomic mass is 10.1. The molecule has 1 aliphatic rings. The van der Waals surface area contributed by atoms with Crippen LogP contribution >= 0.6 is 15.9 Å². The van der Waals surface area contributed by atoms with Crippen molar-refractivity contribution in [3.05, 3.63) is 46.3 Å². The Kier molecular flexibility index (Phi) is 4.38. The number of rotatable bonds is 4. The number of aromatic nitrogens is 1. The molecule has 0 aliphatic carbocycles. The Morgan fingerprint density at radius 2 is 2.09 bits per heavy atom. The predicted molar refractivity (Wildman–Crippen MR) is 85.9 cm³/mol. The Balaban J connectivity index is 1.93. The Hall–Kier alpha value is -1.18. The van der Waals surface area contributed by atoms with Gasteiger partial charge in [0.2, 0.25) is 10.0 Å². The van der Waals surface area contributed by atoms with E-state index in [1.54, 1.807) is 24.3 Å². The molecule has 5 nitrogen and oxygen atoms in total. The molecule has 7 heteroatoms. The molecule has 3 rings (SSSR count). The quantitative estimate of drug-likeness (QED) is 0.808. The Labute approximate surface area is 138 Å². The zero-order chi connectivity index (χ0) is 15.7. The fourth-order valence-electron chi connectivity index (χ4n) is 2.71. The van der Waals surface area contributed by atoms with Gasteiger partial charge in [-0.15, -0.1) is 0 Å². The lowest BCUT2D eigenvalue weighted by Crippen LogP contribution is -2.30. The van der Waals surface area contributed by atoms with E-state index in [0.717, 1.165) is 29.4 Å². The highest BCUT2D eigenvalue weighted by molar-refractivity contribution is 9.10. The molecule has 1 aromatic heterocycles. The summed E-state index contributed by atoms with van der Waals surface area (Å²) in [5.41, 5.74) is 0.850. The highest BCUT2D eigenvalue weighted by atomic mass is 79.9. The lowest BCUT2D eigenvalue weighted by molar-refractivity contribution is 0.296. The molecule has 0 bridgehead atoms. The molecule has 1 aromatic carbocycles. The van der Waals surface area contributed by atoms with Crippen molar-refractivity contribution in [2.45, 2.75) is 37.1 Å². The van der Waals surface area contributed by atoms with Crippen LogP contribution in [0.25, 0.3) is 0 Å². The molecule has 0 saturated carbocycles. The molecule has 2 heterocycles. The van der Waals surface area contributed by atoms with Crippen molar-refractivity contribution < 1.29 is 12.9 Å². The van der Waals surface area contributed by atoms with Gasteiger partial charge in [-0.3, -0.25) is 0 Å². The zero-order valence-corrected chi connectivity index (χ0v) is 14.6. The van der Waals surface area contributed by atoms with Crippen LogP contribution in [-0.4, -0.2) is 24.4 Å². The number of aryl methyl sites for hydroxylation is 1. The average Bonchev–Trinajstić information content (AvgIpc) is 3.16. The van der Waals surface area contributed by atoms with Crippen LogP contribution in [0.2, 0.25) is 0 Å². The van der Waals surface area contributed by atoms with E-state index >= 15 is 0 Å². The molecule has 0 radical (unpaired) electrons. The minimum atomic E-state index is -3.53. The molecule has 1 saturated heterocycles. The molecule has 2 aromatic rings. The van der Waals surface area contributed by atoms with Crippen LogP contribution in [0.5, 0.6) is 0 Å². The summed E-state index contributed by atoms with van der Waals surface area (Å²) in [6, 6.07) is 8.31. The second-order valence-corrected chi connectivity index (χ2v) is 8.11. The smallest absolute Gasteiger partial charge is 0.243 e. The summed E-state index contributed by atoms with van der Waals surface area (Å²) in [5.74, 6) is 0.634. The maximum Gasteiger partial charge on any atom is 0.243 e. The summed E-state index contributed by atoms with van der Waals surface area (Å²) in [6.45, 7) is 2.50. The summed E-state index contributed by atoms with van der Waals surface area (Å²) in [6.07, 6.45) is 2.35. The van der Waals surface area contributed by atoms with E-state index in [0.29, 0.717) is 17.2 Å². The van der Waals surface area contributed by atoms with Gasteiger partial charge in [-0.2, -0.15) is 4.31 Å². The van der Waals surface area contributed by atoms with Crippen LogP contribution in [0.3, 0.4) is 0 Å². The third-order valence-electron chi connectivity index (χ3n) is 3.89. The summed E-state index contributed by atoms with van der Waals surface area (Å²) < 4.78 is 33.4. The van der Waals surface area contributed by atoms with E-state index in [1.165, 1.54) is 4.31 Å². The van der Waals surface area contributed by atoms with Crippen LogP contribution in [-0.2, 0) is 16.4 Å². The van der Waals surface area contributed by atoms with E-state index in [-0.39, 0.29) is 6.04 Å². The van der Waals surface area contributed by atoms with E-state index in [9.17, 15) is 8.42 Å². The molecule has 0 N–H and O–H groups in total. The van der Waals surface area contributed by atoms with Crippen LogP contribution in [0.15, 0.2) is 44.2 Å². The first-order chi connectivity index (χ1) is 10.5. The highest BCUT2D eigenvalue weighted by Crippen LogP contribution is 2.37. The minimum absolute atomic E-state index is 0.263. The van der Waals surface area contributed by atoms with Gasteiger partial charge < -0.3 is 4.52 Å². The molecular formula is C15H17BrN2O3S. The normalized spacial score (nSPS) is 19.6. The first-order valence-electron chi connectivity index (χ1n) is 7.25. The number of nitrogens with zero attached hydrogens (tertiary/aromatic N) is 2. The zero-order valence-electron chi connectivity index (χ0n) is 12.2. The minimum Gasteiger partial charge on any atom is -0.359 e. The maximum atomic E-state index is 12.9. The molecule has 0 amide bonds. The highest BCUT2D eigenvalue weighted by Gasteiger charge is 2.38. The number of halogens is 1. The topological polar surface area (TPSA) is 63.4 Å². The second-order valence-electron chi connectivity index (χ2n) is 5.30. The molecule has 1 unspecified atom stereocenters. The van der Waals surface area contributed by atoms with Gasteiger partial charge in [-0.1, -0.05) is 28.0 Å². The third-order valence-corrected chi connectivity index (χ3v) is 6.34. The maximum absolute atomic E-state index is 12.9. The van der Waals surface area contributed by atoms with Crippen LogP contribution in [0, 0.1) is 0 Å². The van der Waals surface area contributed by atoms with Crippen molar-refractivity contribution in [2.24, 2.45) is 0 Å². The molecule has 1 atom stereocenters. The Bertz CT molecular complexity index is 755. The van der Waals surface area contributed by atoms with Crippen molar-refractivity contribution >= 4 is 26.0 Å². The van der Waals surface area contributed by atoms with Crippen LogP contribution in [0.1, 0.15) is 37.3 Å². The van der Waals surface area contributed by atoms with Crippen LogP contribution in [0.4, 0.5) is 0 Å². The average molecular weight is 385 g/mol. The van der Waals surface area contributed by atoms with Crippen LogP contribution < -0.4 is 0 Å². The molecular weight excluding hydrogens is 368 g/mol.